The Labute approximate surface area is 144 Å². The van der Waals surface area contributed by atoms with Crippen molar-refractivity contribution in [3.8, 4) is 0 Å². The normalized spacial score (nSPS) is 17.0. The van der Waals surface area contributed by atoms with Crippen molar-refractivity contribution in [2.24, 2.45) is 5.73 Å². The number of hydrogen-bond donors (Lipinski definition) is 2. The van der Waals surface area contributed by atoms with Crippen molar-refractivity contribution in [3.63, 3.8) is 0 Å². The highest BCUT2D eigenvalue weighted by atomic mass is 32.2. The number of fused-ring (bicyclic) bond motifs is 1. The summed E-state index contributed by atoms with van der Waals surface area (Å²) in [6.07, 6.45) is 1.02. The number of nitrogens with zero attached hydrogens (tertiary/aromatic N) is 1. The van der Waals surface area contributed by atoms with Crippen LogP contribution in [0.2, 0.25) is 0 Å². The van der Waals surface area contributed by atoms with Crippen molar-refractivity contribution in [2.75, 3.05) is 32.6 Å². The van der Waals surface area contributed by atoms with Gasteiger partial charge < -0.3 is 15.5 Å². The Bertz CT molecular complexity index is 1050. The molecule has 2 aromatic rings. The molecule has 9 nitrogen and oxygen atoms in total. The monoisotopic (exact) mass is 387 g/mol. The molecule has 11 heteroatoms. The number of nitrogens with one attached hydrogen (secondary N) is 1. The Balaban J connectivity index is 2.30. The molecule has 1 saturated heterocycles. The molecule has 3 rings (SSSR count). The summed E-state index contributed by atoms with van der Waals surface area (Å²) in [5, 5.41) is 0.114. The Kier molecular flexibility index (Phi) is 4.35. The Morgan fingerprint density at radius 2 is 1.84 bits per heavy atom. The number of carbonyl (C=O) groups is 1. The van der Waals surface area contributed by atoms with E-state index in [0.717, 1.165) is 6.26 Å². The van der Waals surface area contributed by atoms with E-state index in [1.165, 1.54) is 22.5 Å². The Morgan fingerprint density at radius 3 is 2.40 bits per heavy atom. The molecule has 0 aliphatic carbocycles. The molecule has 1 aliphatic rings. The quantitative estimate of drug-likeness (QED) is 0.738. The predicted molar refractivity (Wildman–Crippen MR) is 89.5 cm³/mol. The number of morpholine rings is 1. The summed E-state index contributed by atoms with van der Waals surface area (Å²) < 4.78 is 56.0. The zero-order valence-electron chi connectivity index (χ0n) is 13.4. The van der Waals surface area contributed by atoms with Gasteiger partial charge in [0.2, 0.25) is 10.0 Å². The summed E-state index contributed by atoms with van der Waals surface area (Å²) in [6, 6.07) is 3.99. The van der Waals surface area contributed by atoms with Gasteiger partial charge in [0, 0.05) is 30.2 Å². The van der Waals surface area contributed by atoms with Crippen molar-refractivity contribution >= 4 is 36.7 Å². The highest BCUT2D eigenvalue weighted by Crippen LogP contribution is 2.31. The van der Waals surface area contributed by atoms with Crippen LogP contribution >= 0.6 is 0 Å². The molecule has 1 aliphatic heterocycles. The highest BCUT2D eigenvalue weighted by Gasteiger charge is 2.33. The van der Waals surface area contributed by atoms with Crippen LogP contribution in [0.1, 0.15) is 10.5 Å². The molecule has 136 valence electrons. The van der Waals surface area contributed by atoms with Crippen molar-refractivity contribution in [3.05, 3.63) is 23.9 Å². The lowest BCUT2D eigenvalue weighted by molar-refractivity contribution is 0.0730. The van der Waals surface area contributed by atoms with Crippen LogP contribution in [0.5, 0.6) is 0 Å². The number of aromatic amines is 1. The average Bonchev–Trinajstić information content (AvgIpc) is 2.94. The third-order valence-electron chi connectivity index (χ3n) is 3.96. The van der Waals surface area contributed by atoms with E-state index in [9.17, 15) is 21.6 Å². The SMILES string of the molecule is CS(=O)(=O)c1ccc2[nH]c(C(N)=O)c(S(=O)(=O)N3CCOCC3)c2c1. The number of H-pyrrole nitrogens is 1. The molecular weight excluding hydrogens is 370 g/mol. The Morgan fingerprint density at radius 1 is 1.20 bits per heavy atom. The van der Waals surface area contributed by atoms with Crippen LogP contribution in [0.4, 0.5) is 0 Å². The maximum Gasteiger partial charge on any atom is 0.266 e. The number of sulfonamides is 1. The first kappa shape index (κ1) is 17.9. The maximum absolute atomic E-state index is 13.0. The minimum absolute atomic E-state index is 0.0477. The van der Waals surface area contributed by atoms with Gasteiger partial charge in [-0.15, -0.1) is 0 Å². The fraction of sp³-hybridized carbons (Fsp3) is 0.357. The first-order valence-corrected chi connectivity index (χ1v) is 10.7. The molecule has 1 aromatic carbocycles. The van der Waals surface area contributed by atoms with E-state index in [1.807, 2.05) is 0 Å². The standard InChI is InChI=1S/C14H17N3O6S2/c1-24(19,20)9-2-3-11-10(8-9)13(12(16-11)14(15)18)25(21,22)17-4-6-23-7-5-17/h2-3,8,16H,4-7H2,1H3,(H2,15,18). The van der Waals surface area contributed by atoms with Gasteiger partial charge in [0.05, 0.1) is 18.1 Å². The van der Waals surface area contributed by atoms with Crippen LogP contribution in [0.15, 0.2) is 28.0 Å². The van der Waals surface area contributed by atoms with Gasteiger partial charge in [-0.2, -0.15) is 4.31 Å². The van der Waals surface area contributed by atoms with Crippen LogP contribution in [0, 0.1) is 0 Å². The van der Waals surface area contributed by atoms with Gasteiger partial charge in [0.15, 0.2) is 9.84 Å². The highest BCUT2D eigenvalue weighted by molar-refractivity contribution is 7.90. The smallest absolute Gasteiger partial charge is 0.266 e. The summed E-state index contributed by atoms with van der Waals surface area (Å²) in [4.78, 5) is 14.1. The number of hydrogen-bond acceptors (Lipinski definition) is 6. The molecular formula is C14H17N3O6S2. The average molecular weight is 387 g/mol. The first-order chi connectivity index (χ1) is 11.6. The zero-order valence-corrected chi connectivity index (χ0v) is 15.0. The van der Waals surface area contributed by atoms with Gasteiger partial charge in [-0.3, -0.25) is 4.79 Å². The number of benzene rings is 1. The molecule has 0 spiro atoms. The summed E-state index contributed by atoms with van der Waals surface area (Å²) in [5.41, 5.74) is 5.37. The second kappa shape index (κ2) is 6.09. The lowest BCUT2D eigenvalue weighted by atomic mass is 10.2. The lowest BCUT2D eigenvalue weighted by Crippen LogP contribution is -2.41. The van der Waals surface area contributed by atoms with E-state index in [1.54, 1.807) is 0 Å². The van der Waals surface area contributed by atoms with E-state index in [0.29, 0.717) is 5.52 Å². The third kappa shape index (κ3) is 3.15. The summed E-state index contributed by atoms with van der Waals surface area (Å²) in [7, 11) is -7.61. The largest absolute Gasteiger partial charge is 0.379 e. The van der Waals surface area contributed by atoms with Crippen LogP contribution in [0.25, 0.3) is 10.9 Å². The van der Waals surface area contributed by atoms with Crippen molar-refractivity contribution in [1.29, 1.82) is 0 Å². The summed E-state index contributed by atoms with van der Waals surface area (Å²) in [5.74, 6) is -0.941. The molecule has 1 fully saturated rings. The van der Waals surface area contributed by atoms with E-state index < -0.39 is 25.8 Å². The number of carbonyl (C=O) groups excluding carboxylic acids is 1. The molecule has 0 atom stereocenters. The first-order valence-electron chi connectivity index (χ1n) is 7.36. The molecule has 0 unspecified atom stereocenters. The molecule has 3 N–H and O–H groups in total. The number of primary amides is 1. The van der Waals surface area contributed by atoms with Crippen LogP contribution in [0.3, 0.4) is 0 Å². The fourth-order valence-electron chi connectivity index (χ4n) is 2.73. The minimum Gasteiger partial charge on any atom is -0.379 e. The van der Waals surface area contributed by atoms with Crippen LogP contribution < -0.4 is 5.73 Å². The second-order valence-corrected chi connectivity index (χ2v) is 9.58. The number of nitrogens with two attached hydrogens (primary N) is 1. The third-order valence-corrected chi connectivity index (χ3v) is 7.06. The van der Waals surface area contributed by atoms with E-state index in [-0.39, 0.29) is 47.2 Å². The van der Waals surface area contributed by atoms with Gasteiger partial charge in [0.25, 0.3) is 5.91 Å². The maximum atomic E-state index is 13.0. The summed E-state index contributed by atoms with van der Waals surface area (Å²) >= 11 is 0. The van der Waals surface area contributed by atoms with Crippen molar-refractivity contribution in [2.45, 2.75) is 9.79 Å². The number of amides is 1. The van der Waals surface area contributed by atoms with Crippen molar-refractivity contribution in [1.82, 2.24) is 9.29 Å². The molecule has 2 heterocycles. The number of aromatic nitrogens is 1. The van der Waals surface area contributed by atoms with E-state index in [2.05, 4.69) is 4.98 Å². The second-order valence-electron chi connectivity index (χ2n) is 5.69. The minimum atomic E-state index is -4.06. The molecule has 0 saturated carbocycles. The fourth-order valence-corrected chi connectivity index (χ4v) is 5.13. The van der Waals surface area contributed by atoms with E-state index in [4.69, 9.17) is 10.5 Å². The predicted octanol–water partition coefficient (Wildman–Crippen LogP) is -0.309. The summed E-state index contributed by atoms with van der Waals surface area (Å²) in [6.45, 7) is 0.752. The van der Waals surface area contributed by atoms with E-state index >= 15 is 0 Å². The van der Waals surface area contributed by atoms with Crippen LogP contribution in [-0.4, -0.2) is 64.6 Å². The molecule has 1 aromatic heterocycles. The van der Waals surface area contributed by atoms with Crippen LogP contribution in [-0.2, 0) is 24.6 Å². The number of sulfone groups is 1. The molecule has 0 bridgehead atoms. The molecule has 0 radical (unpaired) electrons. The van der Waals surface area contributed by atoms with Gasteiger partial charge in [-0.05, 0) is 18.2 Å². The molecule has 25 heavy (non-hydrogen) atoms. The number of rotatable bonds is 4. The number of ether oxygens (including phenoxy) is 1. The van der Waals surface area contributed by atoms with Gasteiger partial charge in [-0.1, -0.05) is 0 Å². The molecule has 1 amide bonds. The van der Waals surface area contributed by atoms with Gasteiger partial charge >= 0.3 is 0 Å². The topological polar surface area (TPSA) is 140 Å². The lowest BCUT2D eigenvalue weighted by Gasteiger charge is -2.26. The zero-order chi connectivity index (χ0) is 18.4. The van der Waals surface area contributed by atoms with Crippen molar-refractivity contribution < 1.29 is 26.4 Å². The Hall–Kier alpha value is -1.95. The van der Waals surface area contributed by atoms with Gasteiger partial charge in [-0.25, -0.2) is 16.8 Å². The van der Waals surface area contributed by atoms with Gasteiger partial charge in [0.1, 0.15) is 10.6 Å².